The Balaban J connectivity index is -0.00000000204. The van der Waals surface area contributed by atoms with Crippen LogP contribution < -0.4 is 0 Å². The second kappa shape index (κ2) is 357. The van der Waals surface area contributed by atoms with Crippen molar-refractivity contribution >= 4 is 0 Å². The third kappa shape index (κ3) is 340. The second-order valence-corrected chi connectivity index (χ2v) is 0. The quantitative estimate of drug-likeness (QED) is 0.319. The Morgan fingerprint density at radius 2 is 0.105 bits per heavy atom. The van der Waals surface area contributed by atoms with Gasteiger partial charge in [0.2, 0.25) is 0 Å². The molecule has 0 bridgehead atoms. The van der Waals surface area contributed by atoms with E-state index in [1.807, 2.05) is 0 Å². The van der Waals surface area contributed by atoms with E-state index in [4.69, 9.17) is 0 Å². The first-order valence-corrected chi connectivity index (χ1v) is 145. The summed E-state index contributed by atoms with van der Waals surface area (Å²) in [6, 6.07) is 0. The van der Waals surface area contributed by atoms with Gasteiger partial charge in [0.05, 0.1) is 0 Å². The summed E-state index contributed by atoms with van der Waals surface area (Å²) in [5.74, 6) is 0. The van der Waals surface area contributed by atoms with Crippen molar-refractivity contribution in [2.24, 2.45) is 0 Å². The van der Waals surface area contributed by atoms with Gasteiger partial charge in [-0.1, -0.05) is 0 Å². The van der Waals surface area contributed by atoms with Gasteiger partial charge < -0.3 is 0 Å². The van der Waals surface area contributed by atoms with Crippen LogP contribution in [-0.4, -0.2) is 0 Å². The van der Waals surface area contributed by atoms with Crippen molar-refractivity contribution in [3.63, 3.8) is 0 Å². The first-order valence-electron chi connectivity index (χ1n) is 2.17. The predicted molar refractivity (Wildman–Crippen MR) is 0 cm³/mol. The average Bonchev–Trinajstić information content (AvgIpc) is 2.90. The van der Waals surface area contributed by atoms with Gasteiger partial charge in [0.1, 0.15) is 0 Å². The average molecular weight is 6990 g/mol. The molecule has 38 heavy (non-hydrogen) atoms. The first-order chi connectivity index (χ1) is 13.0. The molecular weight excluding hydrogens is 6990 g/mol. The van der Waals surface area contributed by atoms with Gasteiger partial charge in [-0.3, -0.25) is 0 Å². The molecule has 0 spiro atoms. The van der Waals surface area contributed by atoms with Gasteiger partial charge in [-0.05, 0) is 0 Å². The monoisotopic (exact) mass is 6990 g/mol. The summed E-state index contributed by atoms with van der Waals surface area (Å²) in [5.41, 5.74) is 0. The number of rotatable bonds is 0. The SMILES string of the molecule is [W].[W].[W].[W].[W].[W].[W].[W].[W].[W].[W].[W].[W]#[W].[W]#[W].[W]#[W].[W]#[W].[W]#[W].[W]#[W].[W]#[W].[W]#[W].[W]#[W].[W]=[W].[W]=[W].[W]=[W].[W]=[W]. The van der Waals surface area contributed by atoms with Crippen molar-refractivity contribution in [2.45, 2.75) is 0 Å². The van der Waals surface area contributed by atoms with Crippen LogP contribution in [0.2, 0.25) is 0 Å². The van der Waals surface area contributed by atoms with Gasteiger partial charge in [-0.25, -0.2) is 0 Å². The summed E-state index contributed by atoms with van der Waals surface area (Å²) >= 11 is 43.3. The van der Waals surface area contributed by atoms with Crippen molar-refractivity contribution in [3.8, 4) is 0 Å². The van der Waals surface area contributed by atoms with E-state index >= 15 is 0 Å². The van der Waals surface area contributed by atoms with Gasteiger partial charge in [0.15, 0.2) is 0 Å². The van der Waals surface area contributed by atoms with E-state index < -0.39 is 0 Å². The summed E-state index contributed by atoms with van der Waals surface area (Å²) in [5, 5.41) is 0. The van der Waals surface area contributed by atoms with Crippen molar-refractivity contribution in [2.75, 3.05) is 0 Å². The summed E-state index contributed by atoms with van der Waals surface area (Å²) < 4.78 is 0. The molecule has 0 aromatic carbocycles. The van der Waals surface area contributed by atoms with Crippen LogP contribution in [0, 0.1) is 0 Å². The maximum atomic E-state index is 1.67. The van der Waals surface area contributed by atoms with E-state index in [1.54, 1.807) is 417 Å². The van der Waals surface area contributed by atoms with Crippen LogP contribution in [-0.2, 0) is 669 Å². The minimum absolute atomic E-state index is 0. The van der Waals surface area contributed by atoms with E-state index in [-0.39, 0.29) is 253 Å². The Morgan fingerprint density at radius 3 is 0.105 bits per heavy atom. The van der Waals surface area contributed by atoms with E-state index in [2.05, 4.69) is 0 Å². The third-order valence-electron chi connectivity index (χ3n) is 0. The zero-order chi connectivity index (χ0) is 26.0. The molecule has 0 aliphatic rings. The van der Waals surface area contributed by atoms with Crippen molar-refractivity contribution < 1.29 is 669 Å². The molecule has 228 valence electrons. The summed E-state index contributed by atoms with van der Waals surface area (Å²) in [6.45, 7) is 0. The first kappa shape index (κ1) is 167. The maximum absolute atomic E-state index is 1.67. The molecule has 0 nitrogen and oxygen atoms in total. The summed E-state index contributed by atoms with van der Waals surface area (Å²) in [4.78, 5) is 0. The van der Waals surface area contributed by atoms with Crippen LogP contribution in [0.5, 0.6) is 0 Å². The molecule has 0 saturated heterocycles. The van der Waals surface area contributed by atoms with E-state index in [1.165, 1.54) is 0 Å². The summed E-state index contributed by atoms with van der Waals surface area (Å²) in [6.07, 6.45) is 0. The molecule has 0 N–H and O–H groups in total. The van der Waals surface area contributed by atoms with Crippen LogP contribution in [0.25, 0.3) is 0 Å². The van der Waals surface area contributed by atoms with Crippen LogP contribution in [0.1, 0.15) is 0 Å². The van der Waals surface area contributed by atoms with Crippen LogP contribution >= 0.6 is 0 Å². The second-order valence-electron chi connectivity index (χ2n) is 0. The fraction of sp³-hybridized carbons (Fsp3) is 0. The molecule has 0 amide bonds. The molecule has 0 aromatic heterocycles. The summed E-state index contributed by atoms with van der Waals surface area (Å²) in [7, 11) is 0. The molecule has 0 aliphatic carbocycles. The van der Waals surface area contributed by atoms with Gasteiger partial charge in [0, 0.05) is 253 Å². The van der Waals surface area contributed by atoms with Gasteiger partial charge in [-0.2, -0.15) is 0 Å². The Hall–Kier alpha value is 26.2. The van der Waals surface area contributed by atoms with Crippen LogP contribution in [0.3, 0.4) is 0 Å². The number of hydrogen-bond donors (Lipinski definition) is 0. The molecule has 38 heteroatoms. The predicted octanol–water partition coefficient (Wildman–Crippen LogP) is -0.0950. The molecule has 0 radical (unpaired) electrons. The molecule has 0 saturated carbocycles. The third-order valence-corrected chi connectivity index (χ3v) is 0. The van der Waals surface area contributed by atoms with E-state index in [0.717, 1.165) is 0 Å². The molecular formula is W38. The molecule has 0 fully saturated rings. The topological polar surface area (TPSA) is 0 Å². The zero-order valence-electron chi connectivity index (χ0n) is 15.5. The Kier molecular flexibility index (Phi) is 1570. The molecule has 0 rings (SSSR count). The van der Waals surface area contributed by atoms with Gasteiger partial charge in [0.25, 0.3) is 0 Å². The normalized spacial score (nSPS) is 0.895. The minimum atomic E-state index is 0. The van der Waals surface area contributed by atoms with Crippen LogP contribution in [0.15, 0.2) is 0 Å². The standard InChI is InChI=1S/38W. The molecule has 0 aliphatic heterocycles. The molecule has 0 aromatic rings. The van der Waals surface area contributed by atoms with Crippen molar-refractivity contribution in [1.82, 2.24) is 0 Å². The van der Waals surface area contributed by atoms with E-state index in [9.17, 15) is 0 Å². The Morgan fingerprint density at radius 1 is 0.105 bits per heavy atom. The van der Waals surface area contributed by atoms with Gasteiger partial charge in [-0.15, -0.1) is 0 Å². The van der Waals surface area contributed by atoms with Gasteiger partial charge >= 0.3 is 417 Å². The molecule has 0 atom stereocenters. The number of hydrogen-bond acceptors (Lipinski definition) is 0. The van der Waals surface area contributed by atoms with Crippen LogP contribution in [0.4, 0.5) is 0 Å². The van der Waals surface area contributed by atoms with Crippen molar-refractivity contribution in [1.29, 1.82) is 0 Å². The Bertz CT molecular complexity index is 171. The van der Waals surface area contributed by atoms with E-state index in [0.29, 0.717) is 0 Å². The fourth-order valence-electron chi connectivity index (χ4n) is 0. The Labute approximate surface area is 645 Å². The molecule has 0 unspecified atom stereocenters. The van der Waals surface area contributed by atoms with Crippen molar-refractivity contribution in [3.05, 3.63) is 0 Å². The fourth-order valence-corrected chi connectivity index (χ4v) is 0. The zero-order valence-corrected chi connectivity index (χ0v) is 127. The molecule has 0 heterocycles.